The molecule has 0 spiro atoms. The van der Waals surface area contributed by atoms with Crippen LogP contribution in [0.15, 0.2) is 30.3 Å². The maximum Gasteiger partial charge on any atom is 0.159 e. The minimum atomic E-state index is -0.931. The first kappa shape index (κ1) is 20.2. The summed E-state index contributed by atoms with van der Waals surface area (Å²) in [5.74, 6) is -2.00. The Hall–Kier alpha value is -2.10. The Morgan fingerprint density at radius 3 is 2.03 bits per heavy atom. The number of halogens is 4. The maximum atomic E-state index is 15.0. The van der Waals surface area contributed by atoms with Gasteiger partial charge in [0.05, 0.1) is 0 Å². The second kappa shape index (κ2) is 8.33. The second-order valence-corrected chi connectivity index (χ2v) is 8.51. The summed E-state index contributed by atoms with van der Waals surface area (Å²) in [7, 11) is 0. The molecule has 0 bridgehead atoms. The summed E-state index contributed by atoms with van der Waals surface area (Å²) in [6.07, 6.45) is 8.86. The van der Waals surface area contributed by atoms with Crippen molar-refractivity contribution in [2.24, 2.45) is 5.92 Å². The largest absolute Gasteiger partial charge is 0.206 e. The first-order valence-electron chi connectivity index (χ1n) is 10.6. The number of rotatable bonds is 4. The van der Waals surface area contributed by atoms with E-state index in [2.05, 4.69) is 6.92 Å². The van der Waals surface area contributed by atoms with Gasteiger partial charge in [-0.15, -0.1) is 0 Å². The van der Waals surface area contributed by atoms with Gasteiger partial charge in [-0.2, -0.15) is 0 Å². The highest BCUT2D eigenvalue weighted by Crippen LogP contribution is 2.39. The van der Waals surface area contributed by atoms with Gasteiger partial charge in [0.2, 0.25) is 0 Å². The van der Waals surface area contributed by atoms with Crippen molar-refractivity contribution in [1.82, 2.24) is 0 Å². The van der Waals surface area contributed by atoms with Crippen LogP contribution in [0.25, 0.3) is 5.57 Å². The van der Waals surface area contributed by atoms with Crippen molar-refractivity contribution in [2.45, 2.75) is 64.2 Å². The molecule has 2 aliphatic carbocycles. The Kier molecular flexibility index (Phi) is 5.80. The average Bonchev–Trinajstić information content (AvgIpc) is 2.69. The summed E-state index contributed by atoms with van der Waals surface area (Å²) in [6, 6.07) is 5.26. The molecule has 0 unspecified atom stereocenters. The zero-order valence-corrected chi connectivity index (χ0v) is 16.7. The van der Waals surface area contributed by atoms with Gasteiger partial charge in [-0.1, -0.05) is 25.8 Å². The Morgan fingerprint density at radius 2 is 1.41 bits per heavy atom. The van der Waals surface area contributed by atoms with Crippen molar-refractivity contribution < 1.29 is 17.6 Å². The minimum Gasteiger partial charge on any atom is -0.206 e. The maximum absolute atomic E-state index is 15.0. The predicted octanol–water partition coefficient (Wildman–Crippen LogP) is 7.50. The molecule has 0 aliphatic heterocycles. The molecule has 2 aliphatic rings. The van der Waals surface area contributed by atoms with E-state index in [-0.39, 0.29) is 17.9 Å². The van der Waals surface area contributed by atoms with Crippen LogP contribution < -0.4 is 0 Å². The van der Waals surface area contributed by atoms with E-state index in [0.29, 0.717) is 23.1 Å². The molecule has 0 N–H and O–H groups in total. The van der Waals surface area contributed by atoms with E-state index < -0.39 is 23.3 Å². The Morgan fingerprint density at radius 1 is 0.793 bits per heavy atom. The van der Waals surface area contributed by atoms with Gasteiger partial charge < -0.3 is 0 Å². The SMILES string of the molecule is CCCC1CCC(c2cc(F)c(C3=CCc4cc(F)c(F)cc4C3)c(F)c2)CC1. The van der Waals surface area contributed by atoms with Crippen LogP contribution in [0.4, 0.5) is 17.6 Å². The van der Waals surface area contributed by atoms with Crippen LogP contribution in [0.3, 0.4) is 0 Å². The number of hydrogen-bond donors (Lipinski definition) is 0. The topological polar surface area (TPSA) is 0 Å². The van der Waals surface area contributed by atoms with Crippen molar-refractivity contribution in [3.63, 3.8) is 0 Å². The van der Waals surface area contributed by atoms with E-state index in [1.807, 2.05) is 0 Å². The van der Waals surface area contributed by atoms with Gasteiger partial charge in [-0.05, 0) is 96.9 Å². The summed E-state index contributed by atoms with van der Waals surface area (Å²) in [5.41, 5.74) is 2.44. The third-order valence-corrected chi connectivity index (χ3v) is 6.59. The minimum absolute atomic E-state index is 0.0381. The molecule has 0 radical (unpaired) electrons. The number of allylic oxidation sites excluding steroid dienone is 2. The highest BCUT2D eigenvalue weighted by molar-refractivity contribution is 5.71. The molecule has 0 saturated heterocycles. The molecule has 4 heteroatoms. The van der Waals surface area contributed by atoms with E-state index in [0.717, 1.165) is 43.2 Å². The summed E-state index contributed by atoms with van der Waals surface area (Å²) >= 11 is 0. The lowest BCUT2D eigenvalue weighted by atomic mass is 9.77. The second-order valence-electron chi connectivity index (χ2n) is 8.51. The monoisotopic (exact) mass is 402 g/mol. The van der Waals surface area contributed by atoms with Crippen LogP contribution in [0, 0.1) is 29.2 Å². The highest BCUT2D eigenvalue weighted by atomic mass is 19.2. The molecule has 2 aromatic carbocycles. The van der Waals surface area contributed by atoms with Gasteiger partial charge in [-0.25, -0.2) is 17.6 Å². The summed E-state index contributed by atoms with van der Waals surface area (Å²) in [5, 5.41) is 0. The Balaban J connectivity index is 1.55. The fraction of sp³-hybridized carbons (Fsp3) is 0.440. The summed E-state index contributed by atoms with van der Waals surface area (Å²) in [4.78, 5) is 0. The molecule has 154 valence electrons. The lowest BCUT2D eigenvalue weighted by Crippen LogP contribution is -2.14. The van der Waals surface area contributed by atoms with Crippen molar-refractivity contribution in [3.05, 3.63) is 75.9 Å². The molecule has 4 rings (SSSR count). The van der Waals surface area contributed by atoms with Crippen LogP contribution in [-0.4, -0.2) is 0 Å². The van der Waals surface area contributed by atoms with Gasteiger partial charge in [0, 0.05) is 5.56 Å². The van der Waals surface area contributed by atoms with Crippen molar-refractivity contribution in [1.29, 1.82) is 0 Å². The van der Waals surface area contributed by atoms with E-state index >= 15 is 0 Å². The lowest BCUT2D eigenvalue weighted by molar-refractivity contribution is 0.307. The molecule has 0 aromatic heterocycles. The molecular formula is C25H26F4. The molecule has 0 nitrogen and oxygen atoms in total. The van der Waals surface area contributed by atoms with Crippen molar-refractivity contribution in [3.8, 4) is 0 Å². The zero-order valence-electron chi connectivity index (χ0n) is 16.7. The molecule has 0 amide bonds. The fourth-order valence-electron chi connectivity index (χ4n) is 5.01. The molecular weight excluding hydrogens is 376 g/mol. The lowest BCUT2D eigenvalue weighted by Gasteiger charge is -2.29. The smallest absolute Gasteiger partial charge is 0.159 e. The molecule has 1 fully saturated rings. The summed E-state index contributed by atoms with van der Waals surface area (Å²) in [6.45, 7) is 2.19. The highest BCUT2D eigenvalue weighted by Gasteiger charge is 2.26. The normalized spacial score (nSPS) is 21.6. The first-order chi connectivity index (χ1) is 14.0. The third kappa shape index (κ3) is 4.12. The van der Waals surface area contributed by atoms with Gasteiger partial charge in [0.15, 0.2) is 11.6 Å². The van der Waals surface area contributed by atoms with Crippen LogP contribution in [0.1, 0.15) is 73.6 Å². The Bertz CT molecular complexity index is 913. The molecule has 0 atom stereocenters. The van der Waals surface area contributed by atoms with E-state index in [1.165, 1.54) is 31.0 Å². The average molecular weight is 402 g/mol. The van der Waals surface area contributed by atoms with E-state index in [1.54, 1.807) is 6.08 Å². The molecule has 2 aromatic rings. The van der Waals surface area contributed by atoms with Gasteiger partial charge in [0.25, 0.3) is 0 Å². The van der Waals surface area contributed by atoms with E-state index in [9.17, 15) is 17.6 Å². The van der Waals surface area contributed by atoms with E-state index in [4.69, 9.17) is 0 Å². The zero-order chi connectivity index (χ0) is 20.5. The molecule has 0 heterocycles. The summed E-state index contributed by atoms with van der Waals surface area (Å²) < 4.78 is 56.9. The van der Waals surface area contributed by atoms with Crippen molar-refractivity contribution in [2.75, 3.05) is 0 Å². The van der Waals surface area contributed by atoms with Gasteiger partial charge in [0.1, 0.15) is 11.6 Å². The fourth-order valence-corrected chi connectivity index (χ4v) is 5.01. The molecule has 29 heavy (non-hydrogen) atoms. The van der Waals surface area contributed by atoms with Crippen LogP contribution in [0.5, 0.6) is 0 Å². The first-order valence-corrected chi connectivity index (χ1v) is 10.6. The van der Waals surface area contributed by atoms with Crippen LogP contribution in [-0.2, 0) is 12.8 Å². The number of hydrogen-bond acceptors (Lipinski definition) is 0. The standard InChI is InChI=1S/C25H26F4/c1-2-3-15-4-6-16(7-5-15)20-13-23(28)25(24(29)14-20)18-9-8-17-11-21(26)22(27)12-19(17)10-18/h9,11-16H,2-8,10H2,1H3. The quantitative estimate of drug-likeness (QED) is 0.465. The van der Waals surface area contributed by atoms with Crippen molar-refractivity contribution >= 4 is 5.57 Å². The van der Waals surface area contributed by atoms with Crippen LogP contribution >= 0.6 is 0 Å². The van der Waals surface area contributed by atoms with Crippen LogP contribution in [0.2, 0.25) is 0 Å². The third-order valence-electron chi connectivity index (χ3n) is 6.59. The predicted molar refractivity (Wildman–Crippen MR) is 108 cm³/mol. The Labute approximate surface area is 169 Å². The van der Waals surface area contributed by atoms with Gasteiger partial charge >= 0.3 is 0 Å². The number of benzene rings is 2. The van der Waals surface area contributed by atoms with Gasteiger partial charge in [-0.3, -0.25) is 0 Å². The molecule has 1 saturated carbocycles. The number of fused-ring (bicyclic) bond motifs is 1.